The summed E-state index contributed by atoms with van der Waals surface area (Å²) in [4.78, 5) is 0. The molecule has 0 saturated heterocycles. The molecule has 0 heterocycles. The van der Waals surface area contributed by atoms with Gasteiger partial charge in [-0.1, -0.05) is 0 Å². The number of aryl methyl sites for hydroxylation is 1. The van der Waals surface area contributed by atoms with Crippen molar-refractivity contribution in [2.45, 2.75) is 17.5 Å². The fourth-order valence-electron chi connectivity index (χ4n) is 1.59. The summed E-state index contributed by atoms with van der Waals surface area (Å²) >= 11 is 1.87. The van der Waals surface area contributed by atoms with Crippen molar-refractivity contribution >= 4 is 16.9 Å². The molecule has 1 aromatic carbocycles. The van der Waals surface area contributed by atoms with Gasteiger partial charge in [-0.05, 0) is 0 Å². The standard InChI is InChI=1S/C9H11As/c10-9-6-5-7-3-1-2-4-8(7)9/h1-4,9H,5-6,10H2. The molecule has 52 valence electrons. The normalized spacial score (nSPS) is 22.7. The number of hydrogen-bond acceptors (Lipinski definition) is 0. The summed E-state index contributed by atoms with van der Waals surface area (Å²) in [5, 5.41) is 0. The molecule has 0 spiro atoms. The van der Waals surface area contributed by atoms with Crippen molar-refractivity contribution in [2.75, 3.05) is 0 Å². The first-order chi connectivity index (χ1) is 4.88. The Balaban J connectivity index is 2.51. The van der Waals surface area contributed by atoms with Crippen molar-refractivity contribution in [2.24, 2.45) is 0 Å². The van der Waals surface area contributed by atoms with Crippen LogP contribution in [0, 0.1) is 0 Å². The molecule has 0 bridgehead atoms. The summed E-state index contributed by atoms with van der Waals surface area (Å²) in [7, 11) is 0. The van der Waals surface area contributed by atoms with Gasteiger partial charge in [-0.15, -0.1) is 0 Å². The van der Waals surface area contributed by atoms with Crippen LogP contribution in [0.5, 0.6) is 0 Å². The van der Waals surface area contributed by atoms with E-state index in [9.17, 15) is 0 Å². The fraction of sp³-hybridized carbons (Fsp3) is 0.333. The third-order valence-electron chi connectivity index (χ3n) is 2.18. The number of hydrogen-bond donors (Lipinski definition) is 0. The minimum atomic E-state index is 0.865. The summed E-state index contributed by atoms with van der Waals surface area (Å²) in [6.45, 7) is 0. The molecule has 1 aromatic rings. The summed E-state index contributed by atoms with van der Waals surface area (Å²) in [6, 6.07) is 8.82. The van der Waals surface area contributed by atoms with Gasteiger partial charge in [0.05, 0.1) is 0 Å². The van der Waals surface area contributed by atoms with Gasteiger partial charge < -0.3 is 0 Å². The summed E-state index contributed by atoms with van der Waals surface area (Å²) in [5.74, 6) is 0. The van der Waals surface area contributed by atoms with Gasteiger partial charge in [-0.25, -0.2) is 0 Å². The molecule has 1 aliphatic rings. The van der Waals surface area contributed by atoms with Gasteiger partial charge in [0.15, 0.2) is 0 Å². The van der Waals surface area contributed by atoms with E-state index >= 15 is 0 Å². The van der Waals surface area contributed by atoms with Crippen LogP contribution in [0.1, 0.15) is 22.3 Å². The molecule has 0 N–H and O–H groups in total. The third-order valence-corrected chi connectivity index (χ3v) is 3.63. The number of rotatable bonds is 0. The van der Waals surface area contributed by atoms with E-state index in [4.69, 9.17) is 0 Å². The second-order valence-electron chi connectivity index (χ2n) is 2.84. The van der Waals surface area contributed by atoms with Gasteiger partial charge >= 0.3 is 69.8 Å². The average Bonchev–Trinajstić information content (AvgIpc) is 2.34. The van der Waals surface area contributed by atoms with Crippen LogP contribution in [0.4, 0.5) is 0 Å². The Labute approximate surface area is 70.1 Å². The summed E-state index contributed by atoms with van der Waals surface area (Å²) < 4.78 is 0.865. The Hall–Kier alpha value is -0.222. The molecule has 10 heavy (non-hydrogen) atoms. The van der Waals surface area contributed by atoms with Gasteiger partial charge in [0.1, 0.15) is 0 Å². The van der Waals surface area contributed by atoms with Gasteiger partial charge in [0, 0.05) is 0 Å². The first-order valence-electron chi connectivity index (χ1n) is 3.71. The van der Waals surface area contributed by atoms with E-state index in [1.807, 2.05) is 16.9 Å². The van der Waals surface area contributed by atoms with Crippen LogP contribution >= 0.6 is 0 Å². The Kier molecular flexibility index (Phi) is 1.58. The predicted molar refractivity (Wildman–Crippen MR) is 46.0 cm³/mol. The van der Waals surface area contributed by atoms with E-state index in [2.05, 4.69) is 24.3 Å². The maximum atomic E-state index is 2.27. The van der Waals surface area contributed by atoms with Crippen molar-refractivity contribution in [3.05, 3.63) is 35.4 Å². The molecule has 2 unspecified atom stereocenters. The maximum absolute atomic E-state index is 2.27. The fourth-order valence-corrected chi connectivity index (χ4v) is 2.62. The van der Waals surface area contributed by atoms with Crippen molar-refractivity contribution in [1.82, 2.24) is 0 Å². The predicted octanol–water partition coefficient (Wildman–Crippen LogP) is 1.31. The first-order valence-corrected chi connectivity index (χ1v) is 5.11. The van der Waals surface area contributed by atoms with E-state index in [1.54, 1.807) is 11.1 Å². The molecule has 1 heteroatoms. The third kappa shape index (κ3) is 0.914. The van der Waals surface area contributed by atoms with Gasteiger partial charge in [-0.3, -0.25) is 0 Å². The second kappa shape index (κ2) is 2.43. The Morgan fingerprint density at radius 1 is 1.30 bits per heavy atom. The van der Waals surface area contributed by atoms with Crippen molar-refractivity contribution in [1.29, 1.82) is 0 Å². The Morgan fingerprint density at radius 3 is 2.90 bits per heavy atom. The monoisotopic (exact) mass is 194 g/mol. The molecule has 1 aliphatic carbocycles. The van der Waals surface area contributed by atoms with E-state index < -0.39 is 0 Å². The second-order valence-corrected chi connectivity index (χ2v) is 4.53. The molecule has 0 nitrogen and oxygen atoms in total. The average molecular weight is 194 g/mol. The molecule has 0 aromatic heterocycles. The van der Waals surface area contributed by atoms with E-state index in [0.29, 0.717) is 0 Å². The van der Waals surface area contributed by atoms with Crippen molar-refractivity contribution in [3.8, 4) is 0 Å². The summed E-state index contributed by atoms with van der Waals surface area (Å²) in [5.41, 5.74) is 3.18. The zero-order chi connectivity index (χ0) is 6.97. The molecule has 0 amide bonds. The first kappa shape index (κ1) is 6.49. The van der Waals surface area contributed by atoms with Gasteiger partial charge in [-0.2, -0.15) is 0 Å². The molecular weight excluding hydrogens is 183 g/mol. The summed E-state index contributed by atoms with van der Waals surface area (Å²) in [6.07, 6.45) is 2.68. The molecular formula is C9H11As. The molecule has 0 radical (unpaired) electrons. The van der Waals surface area contributed by atoms with Crippen LogP contribution in [0.3, 0.4) is 0 Å². The molecule has 0 saturated carbocycles. The molecule has 0 fully saturated rings. The Bertz CT molecular complexity index is 242. The quantitative estimate of drug-likeness (QED) is 0.546. The van der Waals surface area contributed by atoms with Crippen molar-refractivity contribution < 1.29 is 0 Å². The molecule has 2 rings (SSSR count). The van der Waals surface area contributed by atoms with Crippen LogP contribution in [0.15, 0.2) is 24.3 Å². The van der Waals surface area contributed by atoms with Gasteiger partial charge in [0.25, 0.3) is 0 Å². The zero-order valence-corrected chi connectivity index (χ0v) is 8.30. The SMILES string of the molecule is [AsH2]C1CCc2ccccc21. The van der Waals surface area contributed by atoms with Crippen molar-refractivity contribution in [3.63, 3.8) is 0 Å². The number of benzene rings is 1. The van der Waals surface area contributed by atoms with Crippen LogP contribution in [0.2, 0.25) is 0 Å². The Morgan fingerprint density at radius 2 is 2.10 bits per heavy atom. The van der Waals surface area contributed by atoms with Gasteiger partial charge in [0.2, 0.25) is 0 Å². The topological polar surface area (TPSA) is 0 Å². The van der Waals surface area contributed by atoms with Crippen LogP contribution in [-0.4, -0.2) is 16.9 Å². The number of fused-ring (bicyclic) bond motifs is 1. The van der Waals surface area contributed by atoms with Crippen LogP contribution < -0.4 is 0 Å². The minimum absolute atomic E-state index is 0.865. The van der Waals surface area contributed by atoms with E-state index in [0.717, 1.165) is 4.71 Å². The molecule has 2 atom stereocenters. The van der Waals surface area contributed by atoms with E-state index in [1.165, 1.54) is 12.8 Å². The zero-order valence-electron chi connectivity index (χ0n) is 5.88. The van der Waals surface area contributed by atoms with E-state index in [-0.39, 0.29) is 0 Å². The molecule has 0 aliphatic heterocycles. The van der Waals surface area contributed by atoms with Crippen LogP contribution in [-0.2, 0) is 6.42 Å². The van der Waals surface area contributed by atoms with Crippen LogP contribution in [0.25, 0.3) is 0 Å².